The van der Waals surface area contributed by atoms with Crippen LogP contribution in [0.2, 0.25) is 0 Å². The lowest BCUT2D eigenvalue weighted by atomic mass is 10.0. The Kier molecular flexibility index (Phi) is 6.53. The fourth-order valence-corrected chi connectivity index (χ4v) is 4.26. The summed E-state index contributed by atoms with van der Waals surface area (Å²) in [5.74, 6) is 1.79. The molecular weight excluding hydrogens is 462 g/mol. The van der Waals surface area contributed by atoms with Gasteiger partial charge in [-0.05, 0) is 55.8 Å². The molecule has 0 saturated carbocycles. The van der Waals surface area contributed by atoms with Gasteiger partial charge in [-0.2, -0.15) is 0 Å². The van der Waals surface area contributed by atoms with Crippen molar-refractivity contribution < 1.29 is 28.5 Å². The van der Waals surface area contributed by atoms with Crippen molar-refractivity contribution >= 4 is 23.2 Å². The highest BCUT2D eigenvalue weighted by Gasteiger charge is 2.35. The van der Waals surface area contributed by atoms with Crippen molar-refractivity contribution in [2.75, 3.05) is 36.8 Å². The number of hydrogen-bond donors (Lipinski definition) is 2. The molecule has 2 heterocycles. The van der Waals surface area contributed by atoms with E-state index in [1.807, 2.05) is 50.2 Å². The van der Waals surface area contributed by atoms with E-state index in [-0.39, 0.29) is 25.2 Å². The lowest BCUT2D eigenvalue weighted by Gasteiger charge is -2.38. The van der Waals surface area contributed by atoms with Crippen LogP contribution in [0.1, 0.15) is 35.9 Å². The fraction of sp³-hybridized carbons (Fsp3) is 0.259. The molecule has 0 fully saturated rings. The molecule has 3 aromatic rings. The summed E-state index contributed by atoms with van der Waals surface area (Å²) in [6, 6.07) is 18.3. The van der Waals surface area contributed by atoms with Gasteiger partial charge in [0, 0.05) is 18.3 Å². The second-order valence-electron chi connectivity index (χ2n) is 8.19. The third-order valence-corrected chi connectivity index (χ3v) is 5.88. The molecule has 186 valence electrons. The lowest BCUT2D eigenvalue weighted by Crippen LogP contribution is -2.43. The molecule has 3 aromatic carbocycles. The van der Waals surface area contributed by atoms with Crippen LogP contribution in [0.3, 0.4) is 0 Å². The van der Waals surface area contributed by atoms with Crippen LogP contribution < -0.4 is 34.5 Å². The van der Waals surface area contributed by atoms with Crippen LogP contribution in [-0.4, -0.2) is 38.4 Å². The number of rotatable bonds is 8. The van der Waals surface area contributed by atoms with E-state index in [1.54, 1.807) is 29.2 Å². The molecule has 0 radical (unpaired) electrons. The van der Waals surface area contributed by atoms with Crippen molar-refractivity contribution in [1.82, 2.24) is 5.32 Å². The Labute approximate surface area is 208 Å². The standard InChI is InChI=1S/C27H27N3O6/c1-3-28-25(31)15-34-21-11-9-17(13-23(21)33-4-2)26-29-20-8-6-5-7-19(20)27(32)30(26)18-10-12-22-24(14-18)36-16-35-22/h5-14,26,29H,3-4,15-16H2,1-2H3,(H,28,31)/t26-/m1/s1. The maximum absolute atomic E-state index is 13.7. The molecule has 2 aliphatic heterocycles. The first kappa shape index (κ1) is 23.3. The van der Waals surface area contributed by atoms with Crippen LogP contribution in [-0.2, 0) is 4.79 Å². The molecule has 0 saturated heterocycles. The van der Waals surface area contributed by atoms with Gasteiger partial charge >= 0.3 is 0 Å². The first-order valence-corrected chi connectivity index (χ1v) is 11.8. The summed E-state index contributed by atoms with van der Waals surface area (Å²) >= 11 is 0. The molecular formula is C27H27N3O6. The predicted molar refractivity (Wildman–Crippen MR) is 134 cm³/mol. The number of nitrogens with one attached hydrogen (secondary N) is 2. The highest BCUT2D eigenvalue weighted by molar-refractivity contribution is 6.12. The maximum atomic E-state index is 13.7. The summed E-state index contributed by atoms with van der Waals surface area (Å²) in [5, 5.41) is 6.20. The summed E-state index contributed by atoms with van der Waals surface area (Å²) < 4.78 is 22.6. The predicted octanol–water partition coefficient (Wildman–Crippen LogP) is 4.10. The summed E-state index contributed by atoms with van der Waals surface area (Å²) in [6.45, 7) is 4.68. The van der Waals surface area contributed by atoms with Crippen LogP contribution in [0.25, 0.3) is 0 Å². The van der Waals surface area contributed by atoms with Gasteiger partial charge in [-0.25, -0.2) is 0 Å². The molecule has 2 N–H and O–H groups in total. The zero-order chi connectivity index (χ0) is 25.1. The lowest BCUT2D eigenvalue weighted by molar-refractivity contribution is -0.123. The number of anilines is 2. The van der Waals surface area contributed by atoms with E-state index in [2.05, 4.69) is 10.6 Å². The van der Waals surface area contributed by atoms with Gasteiger partial charge in [0.1, 0.15) is 6.17 Å². The van der Waals surface area contributed by atoms with E-state index >= 15 is 0 Å². The molecule has 36 heavy (non-hydrogen) atoms. The molecule has 0 bridgehead atoms. The van der Waals surface area contributed by atoms with Crippen LogP contribution in [0.15, 0.2) is 60.7 Å². The van der Waals surface area contributed by atoms with Crippen molar-refractivity contribution in [3.05, 3.63) is 71.8 Å². The minimum Gasteiger partial charge on any atom is -0.490 e. The average Bonchev–Trinajstić information content (AvgIpc) is 3.36. The summed E-state index contributed by atoms with van der Waals surface area (Å²) in [5.41, 5.74) is 2.74. The minimum atomic E-state index is -0.538. The minimum absolute atomic E-state index is 0.121. The Morgan fingerprint density at radius 2 is 1.86 bits per heavy atom. The number of ether oxygens (including phenoxy) is 4. The second kappa shape index (κ2) is 10.1. The van der Waals surface area contributed by atoms with E-state index in [4.69, 9.17) is 18.9 Å². The Balaban J connectivity index is 1.53. The molecule has 5 rings (SSSR count). The van der Waals surface area contributed by atoms with E-state index < -0.39 is 6.17 Å². The summed E-state index contributed by atoms with van der Waals surface area (Å²) in [7, 11) is 0. The van der Waals surface area contributed by atoms with Crippen molar-refractivity contribution in [2.24, 2.45) is 0 Å². The Morgan fingerprint density at radius 3 is 2.69 bits per heavy atom. The van der Waals surface area contributed by atoms with Gasteiger partial charge < -0.3 is 29.6 Å². The molecule has 0 spiro atoms. The monoisotopic (exact) mass is 489 g/mol. The van der Waals surface area contributed by atoms with E-state index in [1.165, 1.54) is 0 Å². The average molecular weight is 490 g/mol. The number of benzene rings is 3. The Bertz CT molecular complexity index is 1290. The number of amides is 2. The summed E-state index contributed by atoms with van der Waals surface area (Å²) in [6.07, 6.45) is -0.538. The third-order valence-electron chi connectivity index (χ3n) is 5.88. The van der Waals surface area contributed by atoms with Crippen molar-refractivity contribution in [3.63, 3.8) is 0 Å². The van der Waals surface area contributed by atoms with Crippen LogP contribution in [0, 0.1) is 0 Å². The Morgan fingerprint density at radius 1 is 1.03 bits per heavy atom. The smallest absolute Gasteiger partial charge is 0.262 e. The first-order valence-electron chi connectivity index (χ1n) is 11.8. The van der Waals surface area contributed by atoms with Gasteiger partial charge in [-0.3, -0.25) is 14.5 Å². The van der Waals surface area contributed by atoms with Crippen LogP contribution >= 0.6 is 0 Å². The van der Waals surface area contributed by atoms with Gasteiger partial charge in [0.2, 0.25) is 6.79 Å². The number of para-hydroxylation sites is 1. The largest absolute Gasteiger partial charge is 0.490 e. The maximum Gasteiger partial charge on any atom is 0.262 e. The van der Waals surface area contributed by atoms with Gasteiger partial charge in [0.05, 0.1) is 17.9 Å². The van der Waals surface area contributed by atoms with E-state index in [0.29, 0.717) is 47.4 Å². The van der Waals surface area contributed by atoms with Gasteiger partial charge in [-0.1, -0.05) is 18.2 Å². The van der Waals surface area contributed by atoms with Crippen molar-refractivity contribution in [1.29, 1.82) is 0 Å². The molecule has 0 unspecified atom stereocenters. The van der Waals surface area contributed by atoms with Crippen molar-refractivity contribution in [3.8, 4) is 23.0 Å². The zero-order valence-corrected chi connectivity index (χ0v) is 20.1. The molecule has 9 heteroatoms. The number of nitrogens with zero attached hydrogens (tertiary/aromatic N) is 1. The second-order valence-corrected chi connectivity index (χ2v) is 8.19. The molecule has 1 atom stereocenters. The van der Waals surface area contributed by atoms with Gasteiger partial charge in [0.25, 0.3) is 11.8 Å². The number of fused-ring (bicyclic) bond motifs is 2. The fourth-order valence-electron chi connectivity index (χ4n) is 4.26. The molecule has 9 nitrogen and oxygen atoms in total. The SMILES string of the molecule is CCNC(=O)COc1ccc([C@@H]2Nc3ccccc3C(=O)N2c2ccc3c(c2)OCO3)cc1OCC. The van der Waals surface area contributed by atoms with Gasteiger partial charge in [-0.15, -0.1) is 0 Å². The van der Waals surface area contributed by atoms with E-state index in [0.717, 1.165) is 11.3 Å². The molecule has 2 aliphatic rings. The zero-order valence-electron chi connectivity index (χ0n) is 20.1. The molecule has 0 aliphatic carbocycles. The molecule has 2 amide bonds. The number of likely N-dealkylation sites (N-methyl/N-ethyl adjacent to an activating group) is 1. The van der Waals surface area contributed by atoms with Crippen LogP contribution in [0.4, 0.5) is 11.4 Å². The molecule has 0 aromatic heterocycles. The third kappa shape index (κ3) is 4.47. The number of carbonyl (C=O) groups is 2. The number of carbonyl (C=O) groups excluding carboxylic acids is 2. The number of hydrogen-bond acceptors (Lipinski definition) is 7. The highest BCUT2D eigenvalue weighted by Crippen LogP contribution is 2.42. The summed E-state index contributed by atoms with van der Waals surface area (Å²) in [4.78, 5) is 27.3. The normalized spacial score (nSPS) is 15.7. The Hall–Kier alpha value is -4.40. The quantitative estimate of drug-likeness (QED) is 0.492. The topological polar surface area (TPSA) is 98.4 Å². The highest BCUT2D eigenvalue weighted by atomic mass is 16.7. The first-order chi connectivity index (χ1) is 17.6. The van der Waals surface area contributed by atoms with Gasteiger partial charge in [0.15, 0.2) is 29.6 Å². The van der Waals surface area contributed by atoms with E-state index in [9.17, 15) is 9.59 Å². The van der Waals surface area contributed by atoms with Crippen molar-refractivity contribution in [2.45, 2.75) is 20.0 Å². The van der Waals surface area contributed by atoms with Crippen LogP contribution in [0.5, 0.6) is 23.0 Å².